The highest BCUT2D eigenvalue weighted by Crippen LogP contribution is 2.25. The molecule has 6 heteroatoms. The predicted molar refractivity (Wildman–Crippen MR) is 75.0 cm³/mol. The normalized spacial score (nSPS) is 11.7. The molecule has 21 heavy (non-hydrogen) atoms. The molecule has 0 aliphatic rings. The van der Waals surface area contributed by atoms with E-state index in [1.165, 1.54) is 25.1 Å². The predicted octanol–water partition coefficient (Wildman–Crippen LogP) is 1.44. The van der Waals surface area contributed by atoms with Crippen LogP contribution in [0.15, 0.2) is 24.3 Å². The molecule has 0 aliphatic carbocycles. The summed E-state index contributed by atoms with van der Waals surface area (Å²) in [5.41, 5.74) is 0.217. The minimum Gasteiger partial charge on any atom is -0.478 e. The lowest BCUT2D eigenvalue weighted by atomic mass is 10.1. The van der Waals surface area contributed by atoms with Crippen molar-refractivity contribution in [3.63, 3.8) is 0 Å². The molecule has 0 heterocycles. The van der Waals surface area contributed by atoms with Crippen LogP contribution >= 0.6 is 0 Å². The van der Waals surface area contributed by atoms with E-state index < -0.39 is 23.8 Å². The van der Waals surface area contributed by atoms with Crippen LogP contribution in [-0.4, -0.2) is 29.6 Å². The molecule has 0 aliphatic heterocycles. The molecular weight excluding hydrogens is 277 g/mol. The van der Waals surface area contributed by atoms with Crippen molar-refractivity contribution in [1.29, 1.82) is 0 Å². The van der Waals surface area contributed by atoms with Gasteiger partial charge in [0, 0.05) is 11.6 Å². The number of benzene rings is 1. The minimum absolute atomic E-state index is 0.0373. The zero-order valence-corrected chi connectivity index (χ0v) is 11.3. The summed E-state index contributed by atoms with van der Waals surface area (Å²) in [5.74, 6) is -0.328. The van der Waals surface area contributed by atoms with Crippen LogP contribution in [0.4, 0.5) is 4.39 Å². The van der Waals surface area contributed by atoms with Crippen LogP contribution < -0.4 is 10.1 Å². The summed E-state index contributed by atoms with van der Waals surface area (Å²) >= 11 is 0. The number of carbonyl (C=O) groups is 2. The van der Waals surface area contributed by atoms with E-state index in [0.29, 0.717) is 0 Å². The summed E-state index contributed by atoms with van der Waals surface area (Å²) in [6.45, 7) is 1.47. The number of hydrogen-bond donors (Lipinski definition) is 2. The highest BCUT2D eigenvalue weighted by molar-refractivity contribution is 5.86. The quantitative estimate of drug-likeness (QED) is 0.614. The van der Waals surface area contributed by atoms with Crippen molar-refractivity contribution in [2.45, 2.75) is 13.0 Å². The standard InChI is InChI=1S/C15H14FNO4/c1-3-9-17-15(20)10(2)21-14-11(7-8-13(18)19)5-4-6-12(14)16/h1,4-8,10H,9H2,2H3,(H,17,20)(H,18,19)/b8-7+. The van der Waals surface area contributed by atoms with Crippen LogP contribution in [0.5, 0.6) is 5.75 Å². The average molecular weight is 291 g/mol. The van der Waals surface area contributed by atoms with E-state index in [-0.39, 0.29) is 17.9 Å². The third-order valence-electron chi connectivity index (χ3n) is 2.43. The molecule has 0 saturated heterocycles. The second kappa shape index (κ2) is 7.70. The first-order chi connectivity index (χ1) is 9.95. The Morgan fingerprint density at radius 2 is 2.29 bits per heavy atom. The average Bonchev–Trinajstić information content (AvgIpc) is 2.45. The monoisotopic (exact) mass is 291 g/mol. The van der Waals surface area contributed by atoms with Gasteiger partial charge in [-0.1, -0.05) is 18.1 Å². The fraction of sp³-hybridized carbons (Fsp3) is 0.200. The smallest absolute Gasteiger partial charge is 0.328 e. The summed E-state index contributed by atoms with van der Waals surface area (Å²) in [5, 5.41) is 11.0. The molecular formula is C15H14FNO4. The number of carboxylic acids is 1. The maximum Gasteiger partial charge on any atom is 0.328 e. The van der Waals surface area contributed by atoms with Crippen molar-refractivity contribution in [2.24, 2.45) is 0 Å². The van der Waals surface area contributed by atoms with E-state index in [4.69, 9.17) is 16.3 Å². The number of carboxylic acid groups (broad SMARTS) is 1. The van der Waals surface area contributed by atoms with Gasteiger partial charge in [0.15, 0.2) is 17.7 Å². The molecule has 1 aromatic carbocycles. The van der Waals surface area contributed by atoms with Crippen molar-refractivity contribution < 1.29 is 23.8 Å². The van der Waals surface area contributed by atoms with Gasteiger partial charge in [-0.25, -0.2) is 9.18 Å². The second-order valence-corrected chi connectivity index (χ2v) is 4.01. The SMILES string of the molecule is C#CCNC(=O)C(C)Oc1c(F)cccc1/C=C/C(=O)O. The van der Waals surface area contributed by atoms with Gasteiger partial charge >= 0.3 is 5.97 Å². The van der Waals surface area contributed by atoms with Crippen molar-refractivity contribution >= 4 is 18.0 Å². The Morgan fingerprint density at radius 1 is 1.57 bits per heavy atom. The fourth-order valence-corrected chi connectivity index (χ4v) is 1.45. The molecule has 0 saturated carbocycles. The molecule has 0 radical (unpaired) electrons. The number of hydrogen-bond acceptors (Lipinski definition) is 3. The Balaban J connectivity index is 2.94. The van der Waals surface area contributed by atoms with E-state index in [9.17, 15) is 14.0 Å². The lowest BCUT2D eigenvalue weighted by Crippen LogP contribution is -2.36. The first-order valence-corrected chi connectivity index (χ1v) is 6.03. The Labute approximate surface area is 121 Å². The number of nitrogens with one attached hydrogen (secondary N) is 1. The van der Waals surface area contributed by atoms with Crippen molar-refractivity contribution in [3.8, 4) is 18.1 Å². The van der Waals surface area contributed by atoms with Crippen LogP contribution in [0, 0.1) is 18.2 Å². The highest BCUT2D eigenvalue weighted by atomic mass is 19.1. The van der Waals surface area contributed by atoms with Gasteiger partial charge in [0.25, 0.3) is 5.91 Å². The van der Waals surface area contributed by atoms with Gasteiger partial charge in [-0.3, -0.25) is 4.79 Å². The summed E-state index contributed by atoms with van der Waals surface area (Å²) in [6.07, 6.45) is 6.08. The maximum absolute atomic E-state index is 13.8. The number of rotatable bonds is 6. The van der Waals surface area contributed by atoms with Gasteiger partial charge in [-0.15, -0.1) is 6.42 Å². The van der Waals surface area contributed by atoms with Gasteiger partial charge in [0.1, 0.15) is 0 Å². The van der Waals surface area contributed by atoms with Gasteiger partial charge in [-0.2, -0.15) is 0 Å². The molecule has 1 unspecified atom stereocenters. The Bertz CT molecular complexity index is 604. The molecule has 1 amide bonds. The van der Waals surface area contributed by atoms with E-state index in [1.807, 2.05) is 0 Å². The van der Waals surface area contributed by atoms with Crippen molar-refractivity contribution in [3.05, 3.63) is 35.7 Å². The molecule has 0 spiro atoms. The zero-order valence-electron chi connectivity index (χ0n) is 11.3. The first-order valence-electron chi connectivity index (χ1n) is 6.03. The Kier molecular flexibility index (Phi) is 5.96. The van der Waals surface area contributed by atoms with Gasteiger partial charge in [0.2, 0.25) is 0 Å². The Morgan fingerprint density at radius 3 is 2.90 bits per heavy atom. The van der Waals surface area contributed by atoms with Crippen molar-refractivity contribution in [2.75, 3.05) is 6.54 Å². The van der Waals surface area contributed by atoms with E-state index in [0.717, 1.165) is 12.1 Å². The number of para-hydroxylation sites is 1. The molecule has 2 N–H and O–H groups in total. The topological polar surface area (TPSA) is 75.6 Å². The van der Waals surface area contributed by atoms with Crippen LogP contribution in [0.2, 0.25) is 0 Å². The number of amides is 1. The number of aliphatic carboxylic acids is 1. The molecule has 1 aromatic rings. The maximum atomic E-state index is 13.8. The molecule has 0 fully saturated rings. The van der Waals surface area contributed by atoms with E-state index in [1.54, 1.807) is 0 Å². The summed E-state index contributed by atoms with van der Waals surface area (Å²) in [4.78, 5) is 22.1. The third kappa shape index (κ3) is 4.99. The summed E-state index contributed by atoms with van der Waals surface area (Å²) in [6, 6.07) is 4.04. The molecule has 1 atom stereocenters. The number of carbonyl (C=O) groups excluding carboxylic acids is 1. The van der Waals surface area contributed by atoms with Gasteiger partial charge < -0.3 is 15.2 Å². The van der Waals surface area contributed by atoms with E-state index in [2.05, 4.69) is 11.2 Å². The lowest BCUT2D eigenvalue weighted by molar-refractivity contribution is -0.131. The van der Waals surface area contributed by atoms with Crippen LogP contribution in [0.3, 0.4) is 0 Å². The summed E-state index contributed by atoms with van der Waals surface area (Å²) < 4.78 is 19.0. The van der Waals surface area contributed by atoms with Gasteiger partial charge in [-0.05, 0) is 19.1 Å². The number of halogens is 1. The van der Waals surface area contributed by atoms with Gasteiger partial charge in [0.05, 0.1) is 6.54 Å². The fourth-order valence-electron chi connectivity index (χ4n) is 1.45. The molecule has 5 nitrogen and oxygen atoms in total. The van der Waals surface area contributed by atoms with Crippen molar-refractivity contribution in [1.82, 2.24) is 5.32 Å². The van der Waals surface area contributed by atoms with Crippen LogP contribution in [0.1, 0.15) is 12.5 Å². The summed E-state index contributed by atoms with van der Waals surface area (Å²) in [7, 11) is 0. The molecule has 0 aromatic heterocycles. The molecule has 1 rings (SSSR count). The lowest BCUT2D eigenvalue weighted by Gasteiger charge is -2.16. The molecule has 110 valence electrons. The third-order valence-corrected chi connectivity index (χ3v) is 2.43. The van der Waals surface area contributed by atoms with Crippen LogP contribution in [0.25, 0.3) is 6.08 Å². The van der Waals surface area contributed by atoms with E-state index >= 15 is 0 Å². The molecule has 0 bridgehead atoms. The van der Waals surface area contributed by atoms with Crippen LogP contribution in [-0.2, 0) is 9.59 Å². The Hall–Kier alpha value is -2.81. The highest BCUT2D eigenvalue weighted by Gasteiger charge is 2.17. The zero-order chi connectivity index (χ0) is 15.8. The minimum atomic E-state index is -1.18. The number of ether oxygens (including phenoxy) is 1. The first kappa shape index (κ1) is 16.2. The second-order valence-electron chi connectivity index (χ2n) is 4.01. The number of terminal acetylenes is 1. The largest absolute Gasteiger partial charge is 0.478 e.